The molecule has 1 fully saturated rings. The molecule has 1 aromatic carbocycles. The maximum absolute atomic E-state index is 12.8. The zero-order chi connectivity index (χ0) is 22.0. The standard InChI is InChI=1S/C20H28F3N3O2S/c1-13(2)25(18(28)24-19(3,4)5)10-11-26-16(27)12-29-17(26)14-6-8-15(9-7-14)20(21,22)23/h6-9,13,17H,10-12H2,1-5H3,(H,24,28). The van der Waals surface area contributed by atoms with Gasteiger partial charge in [-0.15, -0.1) is 11.8 Å². The first kappa shape index (κ1) is 23.4. The van der Waals surface area contributed by atoms with Crippen LogP contribution in [0.15, 0.2) is 24.3 Å². The molecule has 1 heterocycles. The van der Waals surface area contributed by atoms with Crippen molar-refractivity contribution in [2.75, 3.05) is 18.8 Å². The average Bonchev–Trinajstić information content (AvgIpc) is 2.93. The van der Waals surface area contributed by atoms with E-state index < -0.39 is 11.7 Å². The number of thioether (sulfide) groups is 1. The molecule has 0 aromatic heterocycles. The lowest BCUT2D eigenvalue weighted by Gasteiger charge is -2.33. The fraction of sp³-hybridized carbons (Fsp3) is 0.600. The Morgan fingerprint density at radius 2 is 1.83 bits per heavy atom. The fourth-order valence-electron chi connectivity index (χ4n) is 3.01. The normalized spacial score (nSPS) is 17.8. The molecule has 1 N–H and O–H groups in total. The predicted octanol–water partition coefficient (Wildman–Crippen LogP) is 4.50. The summed E-state index contributed by atoms with van der Waals surface area (Å²) in [5.41, 5.74) is -0.456. The minimum atomic E-state index is -4.39. The summed E-state index contributed by atoms with van der Waals surface area (Å²) < 4.78 is 38.4. The van der Waals surface area contributed by atoms with Crippen LogP contribution in [0.4, 0.5) is 18.0 Å². The molecule has 0 bridgehead atoms. The lowest BCUT2D eigenvalue weighted by Crippen LogP contribution is -2.52. The van der Waals surface area contributed by atoms with E-state index in [2.05, 4.69) is 5.32 Å². The Balaban J connectivity index is 2.11. The molecule has 3 amide bonds. The molecule has 0 radical (unpaired) electrons. The SMILES string of the molecule is CC(C)N(CCN1C(=O)CSC1c1ccc(C(F)(F)F)cc1)C(=O)NC(C)(C)C. The first-order valence-electron chi connectivity index (χ1n) is 9.46. The second kappa shape index (κ2) is 8.85. The maximum Gasteiger partial charge on any atom is 0.416 e. The third-order valence-electron chi connectivity index (χ3n) is 4.44. The van der Waals surface area contributed by atoms with E-state index >= 15 is 0 Å². The van der Waals surface area contributed by atoms with Crippen LogP contribution >= 0.6 is 11.8 Å². The molecule has 9 heteroatoms. The molecule has 0 aliphatic carbocycles. The highest BCUT2D eigenvalue weighted by Gasteiger charge is 2.35. The lowest BCUT2D eigenvalue weighted by molar-refractivity contribution is -0.137. The summed E-state index contributed by atoms with van der Waals surface area (Å²) in [6.45, 7) is 10.1. The summed E-state index contributed by atoms with van der Waals surface area (Å²) in [5, 5.41) is 2.57. The topological polar surface area (TPSA) is 52.7 Å². The molecule has 1 aliphatic rings. The average molecular weight is 432 g/mol. The van der Waals surface area contributed by atoms with Gasteiger partial charge in [-0.2, -0.15) is 13.2 Å². The van der Waals surface area contributed by atoms with Crippen LogP contribution in [0, 0.1) is 0 Å². The molecule has 0 spiro atoms. The van der Waals surface area contributed by atoms with Crippen LogP contribution in [0.1, 0.15) is 51.1 Å². The number of nitrogens with zero attached hydrogens (tertiary/aromatic N) is 2. The summed E-state index contributed by atoms with van der Waals surface area (Å²) in [4.78, 5) is 28.2. The molecule has 1 aromatic rings. The number of halogens is 3. The Bertz CT molecular complexity index is 730. The van der Waals surface area contributed by atoms with Gasteiger partial charge < -0.3 is 15.1 Å². The van der Waals surface area contributed by atoms with Crippen LogP contribution in [-0.2, 0) is 11.0 Å². The Morgan fingerprint density at radius 1 is 1.24 bits per heavy atom. The highest BCUT2D eigenvalue weighted by molar-refractivity contribution is 8.00. The van der Waals surface area contributed by atoms with Gasteiger partial charge in [-0.25, -0.2) is 4.79 Å². The molecule has 1 atom stereocenters. The van der Waals surface area contributed by atoms with E-state index in [9.17, 15) is 22.8 Å². The summed E-state index contributed by atoms with van der Waals surface area (Å²) >= 11 is 1.38. The van der Waals surface area contributed by atoms with Crippen LogP contribution in [0.25, 0.3) is 0 Å². The number of alkyl halides is 3. The Labute approximate surface area is 174 Å². The van der Waals surface area contributed by atoms with Crippen molar-refractivity contribution in [2.24, 2.45) is 0 Å². The number of urea groups is 1. The van der Waals surface area contributed by atoms with Crippen molar-refractivity contribution in [3.63, 3.8) is 0 Å². The Kier molecular flexibility index (Phi) is 7.14. The number of hydrogen-bond donors (Lipinski definition) is 1. The molecule has 1 saturated heterocycles. The maximum atomic E-state index is 12.8. The molecule has 1 aliphatic heterocycles. The second-order valence-corrected chi connectivity index (χ2v) is 9.41. The Hall–Kier alpha value is -1.90. The third-order valence-corrected chi connectivity index (χ3v) is 5.70. The van der Waals surface area contributed by atoms with Crippen LogP contribution in [-0.4, -0.2) is 52.2 Å². The van der Waals surface area contributed by atoms with E-state index in [1.165, 1.54) is 23.9 Å². The van der Waals surface area contributed by atoms with Crippen LogP contribution in [0.2, 0.25) is 0 Å². The van der Waals surface area contributed by atoms with Gasteiger partial charge in [0, 0.05) is 24.7 Å². The highest BCUT2D eigenvalue weighted by Crippen LogP contribution is 2.39. The minimum absolute atomic E-state index is 0.0628. The monoisotopic (exact) mass is 431 g/mol. The van der Waals surface area contributed by atoms with Crippen molar-refractivity contribution < 1.29 is 22.8 Å². The molecule has 5 nitrogen and oxygen atoms in total. The summed E-state index contributed by atoms with van der Waals surface area (Å²) in [7, 11) is 0. The Morgan fingerprint density at radius 3 is 2.31 bits per heavy atom. The summed E-state index contributed by atoms with van der Waals surface area (Å²) in [5.74, 6) is 0.182. The van der Waals surface area contributed by atoms with Gasteiger partial charge in [0.25, 0.3) is 0 Å². The van der Waals surface area contributed by atoms with Gasteiger partial charge in [0.2, 0.25) is 5.91 Å². The highest BCUT2D eigenvalue weighted by atomic mass is 32.2. The number of amides is 3. The quantitative estimate of drug-likeness (QED) is 0.747. The number of hydrogen-bond acceptors (Lipinski definition) is 3. The van der Waals surface area contributed by atoms with E-state index in [-0.39, 0.29) is 34.6 Å². The minimum Gasteiger partial charge on any atom is -0.333 e. The van der Waals surface area contributed by atoms with Crippen LogP contribution in [0.3, 0.4) is 0 Å². The van der Waals surface area contributed by atoms with E-state index in [4.69, 9.17) is 0 Å². The summed E-state index contributed by atoms with van der Waals surface area (Å²) in [6.07, 6.45) is -4.39. The number of rotatable bonds is 5. The van der Waals surface area contributed by atoms with Gasteiger partial charge in [-0.05, 0) is 52.3 Å². The molecule has 162 valence electrons. The van der Waals surface area contributed by atoms with Crippen molar-refractivity contribution in [1.82, 2.24) is 15.1 Å². The van der Waals surface area contributed by atoms with Crippen molar-refractivity contribution in [3.8, 4) is 0 Å². The predicted molar refractivity (Wildman–Crippen MR) is 108 cm³/mol. The van der Waals surface area contributed by atoms with Gasteiger partial charge in [0.1, 0.15) is 5.37 Å². The fourth-order valence-corrected chi connectivity index (χ4v) is 4.23. The number of benzene rings is 1. The molecule has 0 saturated carbocycles. The van der Waals surface area contributed by atoms with Crippen molar-refractivity contribution >= 4 is 23.7 Å². The van der Waals surface area contributed by atoms with Gasteiger partial charge in [-0.3, -0.25) is 4.79 Å². The number of carbonyl (C=O) groups is 2. The van der Waals surface area contributed by atoms with Crippen molar-refractivity contribution in [2.45, 2.75) is 57.7 Å². The second-order valence-electron chi connectivity index (χ2n) is 8.34. The smallest absolute Gasteiger partial charge is 0.333 e. The first-order chi connectivity index (χ1) is 13.3. The van der Waals surface area contributed by atoms with Gasteiger partial charge in [-0.1, -0.05) is 12.1 Å². The molecular weight excluding hydrogens is 403 g/mol. The zero-order valence-electron chi connectivity index (χ0n) is 17.3. The molecule has 2 rings (SSSR count). The van der Waals surface area contributed by atoms with Gasteiger partial charge in [0.15, 0.2) is 0 Å². The van der Waals surface area contributed by atoms with E-state index in [0.717, 1.165) is 12.1 Å². The van der Waals surface area contributed by atoms with Crippen molar-refractivity contribution in [1.29, 1.82) is 0 Å². The van der Waals surface area contributed by atoms with E-state index in [0.29, 0.717) is 18.7 Å². The van der Waals surface area contributed by atoms with E-state index in [1.54, 1.807) is 9.80 Å². The van der Waals surface area contributed by atoms with Gasteiger partial charge in [0.05, 0.1) is 11.3 Å². The van der Waals surface area contributed by atoms with Crippen LogP contribution in [0.5, 0.6) is 0 Å². The van der Waals surface area contributed by atoms with Crippen LogP contribution < -0.4 is 5.32 Å². The lowest BCUT2D eigenvalue weighted by atomic mass is 10.1. The number of carbonyl (C=O) groups excluding carboxylic acids is 2. The molecule has 29 heavy (non-hydrogen) atoms. The first-order valence-corrected chi connectivity index (χ1v) is 10.5. The number of nitrogens with one attached hydrogen (secondary N) is 1. The van der Waals surface area contributed by atoms with Crippen molar-refractivity contribution in [3.05, 3.63) is 35.4 Å². The van der Waals surface area contributed by atoms with Gasteiger partial charge >= 0.3 is 12.2 Å². The molecule has 1 unspecified atom stereocenters. The zero-order valence-corrected chi connectivity index (χ0v) is 18.2. The summed E-state index contributed by atoms with van der Waals surface area (Å²) in [6, 6.07) is 4.63. The van der Waals surface area contributed by atoms with E-state index in [1.807, 2.05) is 34.6 Å². The third kappa shape index (κ3) is 6.29. The largest absolute Gasteiger partial charge is 0.416 e. The molecular formula is C20H28F3N3O2S.